The SMILES string of the molecule is CCC(C)(CNC)CN1CCC(C(C)C)CC1. The quantitative estimate of drug-likeness (QED) is 0.768. The van der Waals surface area contributed by atoms with Crippen LogP contribution >= 0.6 is 0 Å². The summed E-state index contributed by atoms with van der Waals surface area (Å²) in [5, 5.41) is 3.35. The van der Waals surface area contributed by atoms with E-state index in [0.29, 0.717) is 5.41 Å². The maximum atomic E-state index is 3.35. The van der Waals surface area contributed by atoms with Crippen molar-refractivity contribution in [1.82, 2.24) is 10.2 Å². The van der Waals surface area contributed by atoms with E-state index in [2.05, 4.69) is 45.0 Å². The Bertz CT molecular complexity index is 207. The van der Waals surface area contributed by atoms with E-state index in [1.165, 1.54) is 38.9 Å². The van der Waals surface area contributed by atoms with Gasteiger partial charge in [-0.25, -0.2) is 0 Å². The molecule has 0 aromatic rings. The highest BCUT2D eigenvalue weighted by atomic mass is 15.1. The molecule has 0 amide bonds. The van der Waals surface area contributed by atoms with E-state index < -0.39 is 0 Å². The van der Waals surface area contributed by atoms with Crippen LogP contribution in [0.5, 0.6) is 0 Å². The van der Waals surface area contributed by atoms with Gasteiger partial charge in [-0.2, -0.15) is 0 Å². The molecule has 1 aliphatic rings. The van der Waals surface area contributed by atoms with Crippen LogP contribution in [0.3, 0.4) is 0 Å². The van der Waals surface area contributed by atoms with Crippen molar-refractivity contribution >= 4 is 0 Å². The van der Waals surface area contributed by atoms with E-state index in [-0.39, 0.29) is 0 Å². The number of hydrogen-bond donors (Lipinski definition) is 1. The van der Waals surface area contributed by atoms with Gasteiger partial charge in [-0.3, -0.25) is 0 Å². The zero-order chi connectivity index (χ0) is 12.9. The third-order valence-corrected chi connectivity index (χ3v) is 4.64. The van der Waals surface area contributed by atoms with Crippen molar-refractivity contribution in [3.63, 3.8) is 0 Å². The number of rotatable bonds is 6. The van der Waals surface area contributed by atoms with Crippen LogP contribution < -0.4 is 5.32 Å². The number of piperidine rings is 1. The predicted octanol–water partition coefficient (Wildman–Crippen LogP) is 2.99. The van der Waals surface area contributed by atoms with Gasteiger partial charge in [0, 0.05) is 13.1 Å². The maximum Gasteiger partial charge on any atom is 0.00474 e. The van der Waals surface area contributed by atoms with Gasteiger partial charge >= 0.3 is 0 Å². The van der Waals surface area contributed by atoms with Crippen molar-refractivity contribution in [2.75, 3.05) is 33.2 Å². The van der Waals surface area contributed by atoms with Crippen LogP contribution in [0.2, 0.25) is 0 Å². The van der Waals surface area contributed by atoms with Gasteiger partial charge < -0.3 is 10.2 Å². The second-order valence-corrected chi connectivity index (χ2v) is 6.55. The summed E-state index contributed by atoms with van der Waals surface area (Å²) in [6, 6.07) is 0. The molecule has 0 bridgehead atoms. The maximum absolute atomic E-state index is 3.35. The fraction of sp³-hybridized carbons (Fsp3) is 1.00. The van der Waals surface area contributed by atoms with Gasteiger partial charge in [0.2, 0.25) is 0 Å². The Morgan fingerprint density at radius 2 is 1.88 bits per heavy atom. The number of nitrogens with one attached hydrogen (secondary N) is 1. The van der Waals surface area contributed by atoms with Crippen molar-refractivity contribution in [3.05, 3.63) is 0 Å². The molecular weight excluding hydrogens is 208 g/mol. The van der Waals surface area contributed by atoms with E-state index in [1.807, 2.05) is 0 Å². The normalized spacial score (nSPS) is 22.9. The lowest BCUT2D eigenvalue weighted by Gasteiger charge is -2.39. The highest BCUT2D eigenvalue weighted by Crippen LogP contribution is 2.28. The first-order valence-electron chi connectivity index (χ1n) is 7.37. The molecule has 0 radical (unpaired) electrons. The van der Waals surface area contributed by atoms with Crippen LogP contribution in [0.4, 0.5) is 0 Å². The molecule has 0 aromatic carbocycles. The fourth-order valence-electron chi connectivity index (χ4n) is 3.04. The van der Waals surface area contributed by atoms with E-state index in [9.17, 15) is 0 Å². The molecule has 1 N–H and O–H groups in total. The Kier molecular flexibility index (Phi) is 5.94. The van der Waals surface area contributed by atoms with Crippen molar-refractivity contribution in [1.29, 1.82) is 0 Å². The van der Waals surface area contributed by atoms with Crippen molar-refractivity contribution < 1.29 is 0 Å². The summed E-state index contributed by atoms with van der Waals surface area (Å²) in [5.74, 6) is 1.83. The van der Waals surface area contributed by atoms with Crippen molar-refractivity contribution in [3.8, 4) is 0 Å². The molecule has 1 aliphatic heterocycles. The highest BCUT2D eigenvalue weighted by molar-refractivity contribution is 4.82. The number of nitrogens with zero attached hydrogens (tertiary/aromatic N) is 1. The molecule has 1 rings (SSSR count). The number of likely N-dealkylation sites (tertiary alicyclic amines) is 1. The summed E-state index contributed by atoms with van der Waals surface area (Å²) in [4.78, 5) is 2.68. The lowest BCUT2D eigenvalue weighted by atomic mass is 9.83. The second kappa shape index (κ2) is 6.75. The van der Waals surface area contributed by atoms with E-state index in [1.54, 1.807) is 0 Å². The fourth-order valence-corrected chi connectivity index (χ4v) is 3.04. The van der Waals surface area contributed by atoms with Gasteiger partial charge in [-0.1, -0.05) is 27.7 Å². The topological polar surface area (TPSA) is 15.3 Å². The third-order valence-electron chi connectivity index (χ3n) is 4.64. The molecule has 1 fully saturated rings. The van der Waals surface area contributed by atoms with Gasteiger partial charge in [-0.05, 0) is 56.7 Å². The molecule has 1 saturated heterocycles. The van der Waals surface area contributed by atoms with Gasteiger partial charge in [0.15, 0.2) is 0 Å². The third kappa shape index (κ3) is 4.59. The van der Waals surface area contributed by atoms with Crippen LogP contribution in [0.25, 0.3) is 0 Å². The first kappa shape index (κ1) is 15.0. The predicted molar refractivity (Wildman–Crippen MR) is 76.3 cm³/mol. The van der Waals surface area contributed by atoms with Crippen LogP contribution in [0.15, 0.2) is 0 Å². The average Bonchev–Trinajstić information content (AvgIpc) is 2.30. The summed E-state index contributed by atoms with van der Waals surface area (Å²) in [7, 11) is 2.07. The Hall–Kier alpha value is -0.0800. The molecule has 1 unspecified atom stereocenters. The monoisotopic (exact) mass is 240 g/mol. The van der Waals surface area contributed by atoms with Gasteiger partial charge in [0.1, 0.15) is 0 Å². The molecule has 2 nitrogen and oxygen atoms in total. The minimum absolute atomic E-state index is 0.444. The van der Waals surface area contributed by atoms with E-state index >= 15 is 0 Å². The molecule has 17 heavy (non-hydrogen) atoms. The van der Waals surface area contributed by atoms with Crippen LogP contribution in [0, 0.1) is 17.3 Å². The van der Waals surface area contributed by atoms with Gasteiger partial charge in [0.05, 0.1) is 0 Å². The summed E-state index contributed by atoms with van der Waals surface area (Å²) in [6.45, 7) is 14.5. The molecular formula is C15H32N2. The lowest BCUT2D eigenvalue weighted by Crippen LogP contribution is -2.44. The first-order valence-corrected chi connectivity index (χ1v) is 7.37. The molecule has 0 spiro atoms. The van der Waals surface area contributed by atoms with E-state index in [0.717, 1.165) is 18.4 Å². The molecule has 2 heteroatoms. The standard InChI is InChI=1S/C15H32N2/c1-6-15(4,11-16-5)12-17-9-7-14(8-10-17)13(2)3/h13-14,16H,6-12H2,1-5H3. The Labute approximate surface area is 108 Å². The first-order chi connectivity index (χ1) is 8.00. The molecule has 1 heterocycles. The Morgan fingerprint density at radius 1 is 1.29 bits per heavy atom. The molecule has 0 aromatic heterocycles. The van der Waals surface area contributed by atoms with Crippen LogP contribution in [-0.4, -0.2) is 38.1 Å². The Balaban J connectivity index is 2.38. The highest BCUT2D eigenvalue weighted by Gasteiger charge is 2.28. The Morgan fingerprint density at radius 3 is 2.29 bits per heavy atom. The summed E-state index contributed by atoms with van der Waals surface area (Å²) < 4.78 is 0. The molecule has 102 valence electrons. The van der Waals surface area contributed by atoms with E-state index in [4.69, 9.17) is 0 Å². The van der Waals surface area contributed by atoms with Gasteiger partial charge in [0.25, 0.3) is 0 Å². The minimum Gasteiger partial charge on any atom is -0.319 e. The van der Waals surface area contributed by atoms with Crippen LogP contribution in [0.1, 0.15) is 47.0 Å². The zero-order valence-electron chi connectivity index (χ0n) is 12.6. The van der Waals surface area contributed by atoms with Crippen molar-refractivity contribution in [2.24, 2.45) is 17.3 Å². The average molecular weight is 240 g/mol. The zero-order valence-corrected chi connectivity index (χ0v) is 12.6. The van der Waals surface area contributed by atoms with Gasteiger partial charge in [-0.15, -0.1) is 0 Å². The van der Waals surface area contributed by atoms with Crippen LogP contribution in [-0.2, 0) is 0 Å². The van der Waals surface area contributed by atoms with Crippen molar-refractivity contribution in [2.45, 2.75) is 47.0 Å². The number of hydrogen-bond acceptors (Lipinski definition) is 2. The summed E-state index contributed by atoms with van der Waals surface area (Å²) in [5.41, 5.74) is 0.444. The summed E-state index contributed by atoms with van der Waals surface area (Å²) in [6.07, 6.45) is 4.06. The largest absolute Gasteiger partial charge is 0.319 e. The molecule has 0 saturated carbocycles. The summed E-state index contributed by atoms with van der Waals surface area (Å²) >= 11 is 0. The lowest BCUT2D eigenvalue weighted by molar-refractivity contribution is 0.103. The molecule has 0 aliphatic carbocycles. The minimum atomic E-state index is 0.444. The molecule has 1 atom stereocenters. The smallest absolute Gasteiger partial charge is 0.00474 e. The second-order valence-electron chi connectivity index (χ2n) is 6.55.